The summed E-state index contributed by atoms with van der Waals surface area (Å²) in [7, 11) is 0. The van der Waals surface area contributed by atoms with Crippen LogP contribution >= 0.6 is 11.6 Å². The molecule has 0 aliphatic carbocycles. The molecule has 3 rings (SSSR count). The van der Waals surface area contributed by atoms with Crippen LogP contribution in [0.2, 0.25) is 5.02 Å². The van der Waals surface area contributed by atoms with Crippen LogP contribution in [0.4, 0.5) is 5.69 Å². The fraction of sp³-hybridized carbons (Fsp3) is 0.214. The Morgan fingerprint density at radius 1 is 1.09 bits per heavy atom. The molecule has 3 aromatic carbocycles. The van der Waals surface area contributed by atoms with Crippen LogP contribution in [0.5, 0.6) is 5.75 Å². The fourth-order valence-electron chi connectivity index (χ4n) is 3.74. The van der Waals surface area contributed by atoms with Gasteiger partial charge in [0.25, 0.3) is 5.91 Å². The van der Waals surface area contributed by atoms with Crippen molar-refractivity contribution in [2.45, 2.75) is 34.1 Å². The maximum atomic E-state index is 12.7. The van der Waals surface area contributed by atoms with Crippen molar-refractivity contribution in [1.29, 1.82) is 5.26 Å². The van der Waals surface area contributed by atoms with Gasteiger partial charge < -0.3 is 10.1 Å². The van der Waals surface area contributed by atoms with Crippen LogP contribution in [0.1, 0.15) is 40.3 Å². The molecule has 168 valence electrons. The first kappa shape index (κ1) is 24.1. The SMILES string of the molecule is CCOc1cc(/C=C(\C#N)C(=O)Nc2cccc(Cl)c2C)ccc1Cc1cc(C)cc(C)c1. The maximum absolute atomic E-state index is 12.7. The molecule has 3 aromatic rings. The molecule has 1 N–H and O–H groups in total. The number of aryl methyl sites for hydroxylation is 2. The third-order valence-electron chi connectivity index (χ3n) is 5.26. The minimum atomic E-state index is -0.486. The number of hydrogen-bond acceptors (Lipinski definition) is 3. The van der Waals surface area contributed by atoms with Crippen LogP contribution in [0.3, 0.4) is 0 Å². The van der Waals surface area contributed by atoms with Crippen molar-refractivity contribution in [3.63, 3.8) is 0 Å². The zero-order chi connectivity index (χ0) is 24.0. The predicted molar refractivity (Wildman–Crippen MR) is 135 cm³/mol. The van der Waals surface area contributed by atoms with E-state index in [1.54, 1.807) is 24.3 Å². The highest BCUT2D eigenvalue weighted by Crippen LogP contribution is 2.27. The van der Waals surface area contributed by atoms with Gasteiger partial charge >= 0.3 is 0 Å². The zero-order valence-electron chi connectivity index (χ0n) is 19.3. The Hall–Kier alpha value is -3.55. The summed E-state index contributed by atoms with van der Waals surface area (Å²) in [6.45, 7) is 8.45. The highest BCUT2D eigenvalue weighted by molar-refractivity contribution is 6.31. The summed E-state index contributed by atoms with van der Waals surface area (Å²) in [5.74, 6) is 0.258. The Morgan fingerprint density at radius 2 is 1.82 bits per heavy atom. The number of anilines is 1. The van der Waals surface area contributed by atoms with E-state index in [2.05, 4.69) is 37.4 Å². The average molecular weight is 459 g/mol. The lowest BCUT2D eigenvalue weighted by Crippen LogP contribution is -2.14. The second kappa shape index (κ2) is 10.8. The van der Waals surface area contributed by atoms with E-state index in [4.69, 9.17) is 16.3 Å². The number of amides is 1. The van der Waals surface area contributed by atoms with Gasteiger partial charge in [-0.2, -0.15) is 5.26 Å². The lowest BCUT2D eigenvalue weighted by atomic mass is 9.98. The number of benzene rings is 3. The minimum Gasteiger partial charge on any atom is -0.494 e. The third kappa shape index (κ3) is 6.25. The summed E-state index contributed by atoms with van der Waals surface area (Å²) in [4.78, 5) is 12.7. The van der Waals surface area contributed by atoms with Crippen LogP contribution in [0, 0.1) is 32.1 Å². The molecule has 0 aromatic heterocycles. The van der Waals surface area contributed by atoms with Gasteiger partial charge in [-0.05, 0) is 74.2 Å². The number of halogens is 1. The fourth-order valence-corrected chi connectivity index (χ4v) is 3.91. The first-order chi connectivity index (χ1) is 15.8. The molecule has 0 fully saturated rings. The Morgan fingerprint density at radius 3 is 2.48 bits per heavy atom. The minimum absolute atomic E-state index is 0.00103. The molecule has 0 radical (unpaired) electrons. The lowest BCUT2D eigenvalue weighted by molar-refractivity contribution is -0.112. The summed E-state index contributed by atoms with van der Waals surface area (Å²) >= 11 is 6.13. The molecule has 0 heterocycles. The number of nitrogens with zero attached hydrogens (tertiary/aromatic N) is 1. The predicted octanol–water partition coefficient (Wildman–Crippen LogP) is 6.80. The quantitative estimate of drug-likeness (QED) is 0.313. The van der Waals surface area contributed by atoms with Gasteiger partial charge in [-0.1, -0.05) is 59.1 Å². The van der Waals surface area contributed by atoms with Gasteiger partial charge in [-0.25, -0.2) is 0 Å². The number of rotatable bonds is 7. The summed E-state index contributed by atoms with van der Waals surface area (Å²) in [5.41, 5.74) is 6.76. The molecular formula is C28H27ClN2O2. The van der Waals surface area contributed by atoms with Gasteiger partial charge in [-0.15, -0.1) is 0 Å². The van der Waals surface area contributed by atoms with Gasteiger partial charge in [0.15, 0.2) is 0 Å². The van der Waals surface area contributed by atoms with E-state index in [-0.39, 0.29) is 5.57 Å². The summed E-state index contributed by atoms with van der Waals surface area (Å²) in [6.07, 6.45) is 2.31. The van der Waals surface area contributed by atoms with E-state index < -0.39 is 5.91 Å². The van der Waals surface area contributed by atoms with Crippen LogP contribution in [0.15, 0.2) is 60.2 Å². The monoisotopic (exact) mass is 458 g/mol. The summed E-state index contributed by atoms with van der Waals surface area (Å²) in [6, 6.07) is 19.5. The highest BCUT2D eigenvalue weighted by Gasteiger charge is 2.13. The Bertz CT molecular complexity index is 1230. The second-order valence-corrected chi connectivity index (χ2v) is 8.42. The van der Waals surface area contributed by atoms with Crippen molar-refractivity contribution in [1.82, 2.24) is 0 Å². The molecular weight excluding hydrogens is 432 g/mol. The standard InChI is InChI=1S/C28H27ClN2O2/c1-5-33-27-16-21(9-10-23(27)15-22-12-18(2)11-19(3)13-22)14-24(17-30)28(32)31-26-8-6-7-25(29)20(26)4/h6-14,16H,5,15H2,1-4H3,(H,31,32)/b24-14+. The van der Waals surface area contributed by atoms with Crippen molar-refractivity contribution in [3.8, 4) is 11.8 Å². The number of nitrogens with one attached hydrogen (secondary N) is 1. The molecule has 0 atom stereocenters. The van der Waals surface area contributed by atoms with E-state index in [0.717, 1.165) is 28.9 Å². The average Bonchev–Trinajstić information content (AvgIpc) is 2.76. The van der Waals surface area contributed by atoms with Gasteiger partial charge in [-0.3, -0.25) is 4.79 Å². The first-order valence-electron chi connectivity index (χ1n) is 10.8. The maximum Gasteiger partial charge on any atom is 0.266 e. The molecule has 33 heavy (non-hydrogen) atoms. The molecule has 0 aliphatic heterocycles. The van der Waals surface area contributed by atoms with E-state index >= 15 is 0 Å². The van der Waals surface area contributed by atoms with Gasteiger partial charge in [0.05, 0.1) is 6.61 Å². The summed E-state index contributed by atoms with van der Waals surface area (Å²) < 4.78 is 5.88. The van der Waals surface area contributed by atoms with Gasteiger partial charge in [0, 0.05) is 17.1 Å². The molecule has 0 saturated heterocycles. The van der Waals surface area contributed by atoms with Crippen LogP contribution in [-0.2, 0) is 11.2 Å². The molecule has 0 saturated carbocycles. The Kier molecular flexibility index (Phi) is 7.92. The third-order valence-corrected chi connectivity index (χ3v) is 5.67. The van der Waals surface area contributed by atoms with Crippen LogP contribution in [-0.4, -0.2) is 12.5 Å². The Balaban J connectivity index is 1.88. The molecule has 1 amide bonds. The van der Waals surface area contributed by atoms with E-state index in [0.29, 0.717) is 17.3 Å². The highest BCUT2D eigenvalue weighted by atomic mass is 35.5. The molecule has 4 nitrogen and oxygen atoms in total. The van der Waals surface area contributed by atoms with Gasteiger partial charge in [0.1, 0.15) is 17.4 Å². The topological polar surface area (TPSA) is 62.1 Å². The van der Waals surface area contributed by atoms with E-state index in [1.807, 2.05) is 38.1 Å². The number of ether oxygens (including phenoxy) is 1. The molecule has 0 aliphatic rings. The smallest absolute Gasteiger partial charge is 0.266 e. The van der Waals surface area contributed by atoms with Crippen LogP contribution in [0.25, 0.3) is 6.08 Å². The number of carbonyl (C=O) groups excluding carboxylic acids is 1. The number of hydrogen-bond donors (Lipinski definition) is 1. The molecule has 0 spiro atoms. The number of carbonyl (C=O) groups is 1. The zero-order valence-corrected chi connectivity index (χ0v) is 20.1. The normalized spacial score (nSPS) is 11.1. The number of nitriles is 1. The second-order valence-electron chi connectivity index (χ2n) is 8.01. The Labute approximate surface area is 200 Å². The van der Waals surface area contributed by atoms with Crippen molar-refractivity contribution in [3.05, 3.63) is 98.6 Å². The molecule has 0 unspecified atom stereocenters. The van der Waals surface area contributed by atoms with E-state index in [1.165, 1.54) is 16.7 Å². The molecule has 5 heteroatoms. The largest absolute Gasteiger partial charge is 0.494 e. The lowest BCUT2D eigenvalue weighted by Gasteiger charge is -2.13. The van der Waals surface area contributed by atoms with Gasteiger partial charge in [0.2, 0.25) is 0 Å². The first-order valence-corrected chi connectivity index (χ1v) is 11.2. The van der Waals surface area contributed by atoms with Crippen LogP contribution < -0.4 is 10.1 Å². The molecule has 0 bridgehead atoms. The van der Waals surface area contributed by atoms with Crippen molar-refractivity contribution in [2.75, 3.05) is 11.9 Å². The van der Waals surface area contributed by atoms with E-state index in [9.17, 15) is 10.1 Å². The van der Waals surface area contributed by atoms with Crippen molar-refractivity contribution < 1.29 is 9.53 Å². The van der Waals surface area contributed by atoms with Crippen molar-refractivity contribution in [2.24, 2.45) is 0 Å². The van der Waals surface area contributed by atoms with Crippen molar-refractivity contribution >= 4 is 29.3 Å². The summed E-state index contributed by atoms with van der Waals surface area (Å²) in [5, 5.41) is 12.9.